The molecule has 0 spiro atoms. The number of nitrogens with one attached hydrogen (secondary N) is 1. The Bertz CT molecular complexity index is 825. The molecule has 0 saturated heterocycles. The van der Waals surface area contributed by atoms with E-state index in [1.807, 2.05) is 48.5 Å². The van der Waals surface area contributed by atoms with E-state index >= 15 is 0 Å². The van der Waals surface area contributed by atoms with Gasteiger partial charge >= 0.3 is 0 Å². The molecule has 0 aliphatic rings. The highest BCUT2D eigenvalue weighted by molar-refractivity contribution is 5.77. The Hall–Kier alpha value is -2.66. The highest BCUT2D eigenvalue weighted by atomic mass is 16.1. The number of nitrogens with two attached hydrogens (primary N) is 1. The van der Waals surface area contributed by atoms with Crippen LogP contribution in [0.5, 0.6) is 0 Å². The maximum atomic E-state index is 12.7. The van der Waals surface area contributed by atoms with E-state index in [1.165, 1.54) is 4.68 Å². The fraction of sp³-hybridized carbons (Fsp3) is 0.125. The molecule has 0 aliphatic heterocycles. The number of hydrogen-bond acceptors (Lipinski definition) is 4. The molecule has 0 amide bonds. The molecule has 3 rings (SSSR count). The molecule has 0 unspecified atom stereocenters. The van der Waals surface area contributed by atoms with Crippen LogP contribution >= 0.6 is 0 Å². The van der Waals surface area contributed by atoms with Gasteiger partial charge < -0.3 is 5.73 Å². The highest BCUT2D eigenvalue weighted by Crippen LogP contribution is 2.13. The van der Waals surface area contributed by atoms with Crippen LogP contribution in [0.25, 0.3) is 10.9 Å². The second-order valence-electron chi connectivity index (χ2n) is 4.89. The molecule has 0 bridgehead atoms. The molecule has 0 fully saturated rings. The summed E-state index contributed by atoms with van der Waals surface area (Å²) in [5.74, 6) is 0.502. The predicted molar refractivity (Wildman–Crippen MR) is 84.1 cm³/mol. The van der Waals surface area contributed by atoms with Gasteiger partial charge in [0.15, 0.2) is 0 Å². The lowest BCUT2D eigenvalue weighted by atomic mass is 10.2. The van der Waals surface area contributed by atoms with E-state index in [0.29, 0.717) is 16.7 Å². The zero-order valence-electron chi connectivity index (χ0n) is 11.7. The molecule has 106 valence electrons. The first-order valence-corrected chi connectivity index (χ1v) is 6.76. The summed E-state index contributed by atoms with van der Waals surface area (Å²) < 4.78 is 1.42. The van der Waals surface area contributed by atoms with Gasteiger partial charge in [-0.05, 0) is 31.2 Å². The van der Waals surface area contributed by atoms with Crippen LogP contribution in [-0.4, -0.2) is 9.66 Å². The van der Waals surface area contributed by atoms with Gasteiger partial charge in [-0.2, -0.15) is 0 Å². The predicted octanol–water partition coefficient (Wildman–Crippen LogP) is 2.29. The fourth-order valence-corrected chi connectivity index (χ4v) is 2.21. The minimum Gasteiger partial charge on any atom is -0.322 e. The zero-order valence-corrected chi connectivity index (χ0v) is 11.7. The van der Waals surface area contributed by atoms with Crippen LogP contribution in [0, 0.1) is 0 Å². The molecule has 21 heavy (non-hydrogen) atoms. The van der Waals surface area contributed by atoms with Crippen LogP contribution in [0.15, 0.2) is 59.4 Å². The standard InChI is InChI=1S/C16H16N4O/c1-11(17)15-18-14-10-6-5-9-13(14)16(21)20(15)19-12-7-3-2-4-8-12/h2-11,19H,17H2,1H3/t11-/m0/s1. The minimum atomic E-state index is -0.362. The quantitative estimate of drug-likeness (QED) is 0.772. The monoisotopic (exact) mass is 280 g/mol. The maximum absolute atomic E-state index is 12.7. The number of aromatic nitrogens is 2. The molecule has 1 aromatic heterocycles. The van der Waals surface area contributed by atoms with Crippen molar-refractivity contribution in [2.75, 3.05) is 5.43 Å². The summed E-state index contributed by atoms with van der Waals surface area (Å²) >= 11 is 0. The van der Waals surface area contributed by atoms with Gasteiger partial charge in [0.05, 0.1) is 22.6 Å². The Labute approximate surface area is 122 Å². The van der Waals surface area contributed by atoms with E-state index in [1.54, 1.807) is 13.0 Å². The van der Waals surface area contributed by atoms with E-state index in [4.69, 9.17) is 5.73 Å². The van der Waals surface area contributed by atoms with E-state index in [9.17, 15) is 4.79 Å². The molecule has 5 heteroatoms. The molecular weight excluding hydrogens is 264 g/mol. The average molecular weight is 280 g/mol. The Balaban J connectivity index is 2.22. The number of benzene rings is 2. The summed E-state index contributed by atoms with van der Waals surface area (Å²) in [6.07, 6.45) is 0. The van der Waals surface area contributed by atoms with Gasteiger partial charge in [-0.25, -0.2) is 9.66 Å². The van der Waals surface area contributed by atoms with Gasteiger partial charge in [-0.1, -0.05) is 30.3 Å². The van der Waals surface area contributed by atoms with Gasteiger partial charge in [0, 0.05) is 0 Å². The Morgan fingerprint density at radius 1 is 1.10 bits per heavy atom. The number of fused-ring (bicyclic) bond motifs is 1. The van der Waals surface area contributed by atoms with Crippen LogP contribution in [-0.2, 0) is 0 Å². The van der Waals surface area contributed by atoms with Crippen LogP contribution < -0.4 is 16.7 Å². The summed E-state index contributed by atoms with van der Waals surface area (Å²) in [6, 6.07) is 16.4. The summed E-state index contributed by atoms with van der Waals surface area (Å²) in [7, 11) is 0. The van der Waals surface area contributed by atoms with E-state index in [0.717, 1.165) is 5.69 Å². The van der Waals surface area contributed by atoms with E-state index in [2.05, 4.69) is 10.4 Å². The van der Waals surface area contributed by atoms with Crippen molar-refractivity contribution >= 4 is 16.6 Å². The smallest absolute Gasteiger partial charge is 0.280 e. The van der Waals surface area contributed by atoms with Crippen LogP contribution in [0.2, 0.25) is 0 Å². The van der Waals surface area contributed by atoms with Gasteiger partial charge in [0.1, 0.15) is 5.82 Å². The second kappa shape index (κ2) is 5.38. The minimum absolute atomic E-state index is 0.156. The topological polar surface area (TPSA) is 72.9 Å². The second-order valence-corrected chi connectivity index (χ2v) is 4.89. The molecule has 2 aromatic carbocycles. The lowest BCUT2D eigenvalue weighted by molar-refractivity contribution is 0.671. The summed E-state index contributed by atoms with van der Waals surface area (Å²) in [5, 5.41) is 0.560. The molecule has 3 N–H and O–H groups in total. The van der Waals surface area contributed by atoms with Gasteiger partial charge in [0.2, 0.25) is 0 Å². The van der Waals surface area contributed by atoms with Crippen molar-refractivity contribution in [3.05, 3.63) is 70.8 Å². The lowest BCUT2D eigenvalue weighted by Crippen LogP contribution is -2.33. The summed E-state index contributed by atoms with van der Waals surface area (Å²) in [4.78, 5) is 17.2. The van der Waals surface area contributed by atoms with Gasteiger partial charge in [-0.15, -0.1) is 0 Å². The first-order chi connectivity index (χ1) is 10.2. The summed E-state index contributed by atoms with van der Waals surface area (Å²) in [6.45, 7) is 1.81. The molecule has 3 aromatic rings. The lowest BCUT2D eigenvalue weighted by Gasteiger charge is -2.17. The molecule has 1 atom stereocenters. The number of para-hydroxylation sites is 2. The summed E-state index contributed by atoms with van der Waals surface area (Å²) in [5.41, 5.74) is 10.3. The van der Waals surface area contributed by atoms with Crippen LogP contribution in [0.4, 0.5) is 5.69 Å². The SMILES string of the molecule is C[C@H](N)c1nc2ccccc2c(=O)n1Nc1ccccc1. The molecular formula is C16H16N4O. The molecule has 5 nitrogen and oxygen atoms in total. The van der Waals surface area contributed by atoms with Gasteiger partial charge in [0.25, 0.3) is 5.56 Å². The van der Waals surface area contributed by atoms with Crippen LogP contribution in [0.1, 0.15) is 18.8 Å². The van der Waals surface area contributed by atoms with Crippen molar-refractivity contribution in [1.82, 2.24) is 9.66 Å². The number of hydrogen-bond donors (Lipinski definition) is 2. The van der Waals surface area contributed by atoms with Crippen molar-refractivity contribution in [3.63, 3.8) is 0 Å². The molecule has 1 heterocycles. The van der Waals surface area contributed by atoms with Crippen molar-refractivity contribution in [2.24, 2.45) is 5.73 Å². The van der Waals surface area contributed by atoms with Crippen molar-refractivity contribution < 1.29 is 0 Å². The van der Waals surface area contributed by atoms with Crippen molar-refractivity contribution in [3.8, 4) is 0 Å². The molecule has 0 aliphatic carbocycles. The van der Waals surface area contributed by atoms with Crippen molar-refractivity contribution in [1.29, 1.82) is 0 Å². The number of rotatable bonds is 3. The Kier molecular flexibility index (Phi) is 3.41. The van der Waals surface area contributed by atoms with E-state index in [-0.39, 0.29) is 11.6 Å². The normalized spacial score (nSPS) is 12.3. The Morgan fingerprint density at radius 2 is 1.76 bits per heavy atom. The third-order valence-electron chi connectivity index (χ3n) is 3.22. The fourth-order valence-electron chi connectivity index (χ4n) is 2.21. The van der Waals surface area contributed by atoms with E-state index < -0.39 is 0 Å². The number of anilines is 1. The first kappa shape index (κ1) is 13.3. The molecule has 0 saturated carbocycles. The zero-order chi connectivity index (χ0) is 14.8. The third kappa shape index (κ3) is 2.51. The Morgan fingerprint density at radius 3 is 2.48 bits per heavy atom. The van der Waals surface area contributed by atoms with Gasteiger partial charge in [-0.3, -0.25) is 10.2 Å². The third-order valence-corrected chi connectivity index (χ3v) is 3.22. The largest absolute Gasteiger partial charge is 0.322 e. The molecule has 0 radical (unpaired) electrons. The average Bonchev–Trinajstić information content (AvgIpc) is 2.51. The number of nitrogens with zero attached hydrogens (tertiary/aromatic N) is 2. The van der Waals surface area contributed by atoms with Crippen molar-refractivity contribution in [2.45, 2.75) is 13.0 Å². The van der Waals surface area contributed by atoms with Crippen LogP contribution in [0.3, 0.4) is 0 Å². The highest BCUT2D eigenvalue weighted by Gasteiger charge is 2.13. The maximum Gasteiger partial charge on any atom is 0.280 e. The first-order valence-electron chi connectivity index (χ1n) is 6.76.